The minimum atomic E-state index is -0.307. The van der Waals surface area contributed by atoms with Gasteiger partial charge >= 0.3 is 0 Å². The third kappa shape index (κ3) is 5.23. The zero-order chi connectivity index (χ0) is 20.9. The highest BCUT2D eigenvalue weighted by Crippen LogP contribution is 2.19. The molecule has 4 rings (SSSR count). The van der Waals surface area contributed by atoms with E-state index in [1.165, 1.54) is 17.7 Å². The van der Waals surface area contributed by atoms with E-state index in [9.17, 15) is 9.18 Å². The molecular weight excluding hydrogens is 401 g/mol. The van der Waals surface area contributed by atoms with Crippen molar-refractivity contribution in [2.45, 2.75) is 25.4 Å². The van der Waals surface area contributed by atoms with Gasteiger partial charge in [0.15, 0.2) is 0 Å². The number of amides is 1. The second kappa shape index (κ2) is 9.37. The Balaban J connectivity index is 1.29. The van der Waals surface area contributed by atoms with E-state index in [0.29, 0.717) is 16.8 Å². The van der Waals surface area contributed by atoms with Crippen LogP contribution in [-0.2, 0) is 6.54 Å². The number of hydrogen-bond donors (Lipinski definition) is 1. The first kappa shape index (κ1) is 20.5. The van der Waals surface area contributed by atoms with Crippen LogP contribution in [0.15, 0.2) is 66.9 Å². The number of nitrogens with one attached hydrogen (secondary N) is 1. The molecule has 154 valence electrons. The third-order valence-electron chi connectivity index (χ3n) is 5.39. The van der Waals surface area contributed by atoms with Gasteiger partial charge in [0.1, 0.15) is 5.82 Å². The van der Waals surface area contributed by atoms with Crippen LogP contribution in [0.25, 0.3) is 11.3 Å². The number of halogens is 2. The smallest absolute Gasteiger partial charge is 0.253 e. The van der Waals surface area contributed by atoms with E-state index in [1.54, 1.807) is 30.5 Å². The lowest BCUT2D eigenvalue weighted by atomic mass is 10.0. The molecule has 0 bridgehead atoms. The summed E-state index contributed by atoms with van der Waals surface area (Å²) >= 11 is 5.95. The van der Waals surface area contributed by atoms with Crippen LogP contribution in [0.3, 0.4) is 0 Å². The van der Waals surface area contributed by atoms with Crippen LogP contribution in [0.4, 0.5) is 4.39 Å². The zero-order valence-corrected chi connectivity index (χ0v) is 17.3. The van der Waals surface area contributed by atoms with Gasteiger partial charge in [0.2, 0.25) is 0 Å². The van der Waals surface area contributed by atoms with Gasteiger partial charge in [-0.25, -0.2) is 4.39 Å². The van der Waals surface area contributed by atoms with Gasteiger partial charge in [0.05, 0.1) is 11.3 Å². The van der Waals surface area contributed by atoms with Gasteiger partial charge in [0.25, 0.3) is 5.91 Å². The Morgan fingerprint density at radius 1 is 1.10 bits per heavy atom. The third-order valence-corrected chi connectivity index (χ3v) is 5.64. The van der Waals surface area contributed by atoms with Gasteiger partial charge in [-0.2, -0.15) is 0 Å². The predicted octanol–water partition coefficient (Wildman–Crippen LogP) is 4.94. The lowest BCUT2D eigenvalue weighted by Gasteiger charge is -2.32. The van der Waals surface area contributed by atoms with Crippen LogP contribution in [0.5, 0.6) is 0 Å². The summed E-state index contributed by atoms with van der Waals surface area (Å²) in [4.78, 5) is 19.3. The van der Waals surface area contributed by atoms with E-state index in [4.69, 9.17) is 11.6 Å². The molecule has 0 spiro atoms. The Hall–Kier alpha value is -2.76. The fraction of sp³-hybridized carbons (Fsp3) is 0.250. The number of piperidine rings is 1. The molecule has 1 aliphatic rings. The van der Waals surface area contributed by atoms with Gasteiger partial charge in [-0.3, -0.25) is 14.7 Å². The van der Waals surface area contributed by atoms with Crippen molar-refractivity contribution in [2.75, 3.05) is 13.1 Å². The number of rotatable bonds is 5. The fourth-order valence-corrected chi connectivity index (χ4v) is 3.82. The Morgan fingerprint density at radius 3 is 2.53 bits per heavy atom. The number of hydrogen-bond acceptors (Lipinski definition) is 3. The topological polar surface area (TPSA) is 45.2 Å². The van der Waals surface area contributed by atoms with E-state index < -0.39 is 0 Å². The van der Waals surface area contributed by atoms with E-state index in [-0.39, 0.29) is 17.8 Å². The monoisotopic (exact) mass is 423 g/mol. The average molecular weight is 424 g/mol. The Labute approximate surface area is 180 Å². The normalized spacial score (nSPS) is 15.1. The number of likely N-dealkylation sites (tertiary alicyclic amines) is 1. The average Bonchev–Trinajstić information content (AvgIpc) is 2.77. The maximum atomic E-state index is 13.4. The Kier molecular flexibility index (Phi) is 6.41. The van der Waals surface area contributed by atoms with E-state index in [1.807, 2.05) is 12.1 Å². The van der Waals surface area contributed by atoms with Crippen molar-refractivity contribution >= 4 is 17.5 Å². The standard InChI is InChI=1S/C24H23ClFN3O/c25-20-7-4-17(5-8-20)16-29-12-10-22(11-13-29)28-24(30)19-6-9-23(27-15-19)18-2-1-3-21(26)14-18/h1-9,14-15,22H,10-13,16H2,(H,28,30). The van der Waals surface area contributed by atoms with E-state index >= 15 is 0 Å². The van der Waals surface area contributed by atoms with Crippen LogP contribution in [0.1, 0.15) is 28.8 Å². The molecule has 2 heterocycles. The van der Waals surface area contributed by atoms with Crippen LogP contribution in [-0.4, -0.2) is 34.9 Å². The summed E-state index contributed by atoms with van der Waals surface area (Å²) in [5.74, 6) is -0.428. The SMILES string of the molecule is O=C(NC1CCN(Cc2ccc(Cl)cc2)CC1)c1ccc(-c2cccc(F)c2)nc1. The second-order valence-electron chi connectivity index (χ2n) is 7.59. The largest absolute Gasteiger partial charge is 0.349 e. The van der Waals surface area contributed by atoms with Crippen LogP contribution < -0.4 is 5.32 Å². The quantitative estimate of drug-likeness (QED) is 0.632. The first-order valence-electron chi connectivity index (χ1n) is 10.1. The number of pyridine rings is 1. The van der Waals surface area contributed by atoms with Gasteiger partial charge in [-0.05, 0) is 54.8 Å². The lowest BCUT2D eigenvalue weighted by molar-refractivity contribution is 0.0908. The molecule has 0 unspecified atom stereocenters. The Morgan fingerprint density at radius 2 is 1.87 bits per heavy atom. The van der Waals surface area contributed by atoms with E-state index in [0.717, 1.165) is 37.5 Å². The number of nitrogens with zero attached hydrogens (tertiary/aromatic N) is 2. The molecule has 6 heteroatoms. The fourth-order valence-electron chi connectivity index (χ4n) is 3.70. The summed E-state index contributed by atoms with van der Waals surface area (Å²) in [7, 11) is 0. The first-order valence-corrected chi connectivity index (χ1v) is 10.4. The minimum absolute atomic E-state index is 0.121. The molecular formula is C24H23ClFN3O. The van der Waals surface area contributed by atoms with Crippen molar-refractivity contribution in [1.29, 1.82) is 0 Å². The molecule has 4 nitrogen and oxygen atoms in total. The molecule has 0 radical (unpaired) electrons. The molecule has 0 atom stereocenters. The highest BCUT2D eigenvalue weighted by atomic mass is 35.5. The van der Waals surface area contributed by atoms with Gasteiger partial charge < -0.3 is 5.32 Å². The summed E-state index contributed by atoms with van der Waals surface area (Å²) in [5.41, 5.74) is 3.08. The van der Waals surface area contributed by atoms with Crippen LogP contribution >= 0.6 is 11.6 Å². The van der Waals surface area contributed by atoms with Crippen molar-refractivity contribution in [3.8, 4) is 11.3 Å². The number of benzene rings is 2. The molecule has 0 saturated carbocycles. The highest BCUT2D eigenvalue weighted by Gasteiger charge is 2.21. The highest BCUT2D eigenvalue weighted by molar-refractivity contribution is 6.30. The number of carbonyl (C=O) groups is 1. The lowest BCUT2D eigenvalue weighted by Crippen LogP contribution is -2.44. The molecule has 0 aliphatic carbocycles. The van der Waals surface area contributed by atoms with E-state index in [2.05, 4.69) is 27.3 Å². The maximum absolute atomic E-state index is 13.4. The first-order chi connectivity index (χ1) is 14.6. The van der Waals surface area contributed by atoms with Crippen molar-refractivity contribution < 1.29 is 9.18 Å². The molecule has 1 aromatic heterocycles. The van der Waals surface area contributed by atoms with Crippen molar-refractivity contribution in [2.24, 2.45) is 0 Å². The van der Waals surface area contributed by atoms with Crippen molar-refractivity contribution in [1.82, 2.24) is 15.2 Å². The van der Waals surface area contributed by atoms with Crippen molar-refractivity contribution in [3.05, 3.63) is 88.8 Å². The van der Waals surface area contributed by atoms with Gasteiger partial charge in [-0.1, -0.05) is 35.9 Å². The summed E-state index contributed by atoms with van der Waals surface area (Å²) in [5, 5.41) is 3.86. The molecule has 1 fully saturated rings. The number of carbonyl (C=O) groups excluding carboxylic acids is 1. The maximum Gasteiger partial charge on any atom is 0.253 e. The minimum Gasteiger partial charge on any atom is -0.349 e. The molecule has 1 N–H and O–H groups in total. The van der Waals surface area contributed by atoms with Crippen molar-refractivity contribution in [3.63, 3.8) is 0 Å². The molecule has 2 aromatic carbocycles. The molecule has 1 aliphatic heterocycles. The molecule has 30 heavy (non-hydrogen) atoms. The van der Waals surface area contributed by atoms with Crippen LogP contribution in [0, 0.1) is 5.82 Å². The van der Waals surface area contributed by atoms with Gasteiger partial charge in [-0.15, -0.1) is 0 Å². The number of aromatic nitrogens is 1. The molecule has 3 aromatic rings. The second-order valence-corrected chi connectivity index (χ2v) is 8.03. The Bertz CT molecular complexity index is 1000. The van der Waals surface area contributed by atoms with Gasteiger partial charge in [0, 0.05) is 42.5 Å². The summed E-state index contributed by atoms with van der Waals surface area (Å²) in [6, 6.07) is 17.8. The molecule has 1 saturated heterocycles. The molecule has 1 amide bonds. The zero-order valence-electron chi connectivity index (χ0n) is 16.5. The summed E-state index contributed by atoms with van der Waals surface area (Å²) in [6.07, 6.45) is 3.37. The predicted molar refractivity (Wildman–Crippen MR) is 117 cm³/mol. The summed E-state index contributed by atoms with van der Waals surface area (Å²) in [6.45, 7) is 2.76. The summed E-state index contributed by atoms with van der Waals surface area (Å²) < 4.78 is 13.4. The van der Waals surface area contributed by atoms with Crippen LogP contribution in [0.2, 0.25) is 5.02 Å².